The van der Waals surface area contributed by atoms with Crippen molar-refractivity contribution in [1.29, 1.82) is 0 Å². The van der Waals surface area contributed by atoms with Crippen molar-refractivity contribution in [3.8, 4) is 22.5 Å². The standard InChI is InChI=1S/C28H23N2O.C12H10N.Ir/c1-2-7-19(8-3-1)13-14-22-15-16-24-23-11-6-12-25(27(23)31-28(24)30-22)26-17-20-9-4-5-10-21(20)18-29-26;1-10-7-8-12(13-9-10)11-5-3-2-4-6-11;/h1-3,6-8,11,15-18H,4-5,9-10,13-14H2;2-5,7-9H,1H3;/q2*-1;/i9D2,10D2,13D2,14D2;1D3;. The van der Waals surface area contributed by atoms with Crippen molar-refractivity contribution in [2.75, 3.05) is 0 Å². The van der Waals surface area contributed by atoms with Crippen LogP contribution in [0.1, 0.15) is 55.9 Å². The molecule has 0 spiro atoms. The van der Waals surface area contributed by atoms with Crippen molar-refractivity contribution >= 4 is 22.1 Å². The summed E-state index contributed by atoms with van der Waals surface area (Å²) in [6, 6.07) is 33.1. The number of hydrogen-bond acceptors (Lipinski definition) is 4. The van der Waals surface area contributed by atoms with E-state index >= 15 is 0 Å². The van der Waals surface area contributed by atoms with Gasteiger partial charge in [0.1, 0.15) is 0 Å². The number of hydrogen-bond donors (Lipinski definition) is 0. The second kappa shape index (κ2) is 14.1. The maximum absolute atomic E-state index is 8.66. The topological polar surface area (TPSA) is 51.8 Å². The summed E-state index contributed by atoms with van der Waals surface area (Å²) in [4.78, 5) is 13.0. The molecule has 5 heteroatoms. The van der Waals surface area contributed by atoms with Crippen molar-refractivity contribution in [1.82, 2.24) is 15.0 Å². The molecule has 0 fully saturated rings. The molecule has 0 aliphatic heterocycles. The molecule has 225 valence electrons. The molecule has 4 aromatic heterocycles. The monoisotopic (exact) mass is 775 g/mol. The number of aromatic nitrogens is 3. The fourth-order valence-corrected chi connectivity index (χ4v) is 4.92. The van der Waals surface area contributed by atoms with Crippen LogP contribution in [0.5, 0.6) is 0 Å². The summed E-state index contributed by atoms with van der Waals surface area (Å²) >= 11 is 0. The Labute approximate surface area is 293 Å². The molecular weight excluding hydrogens is 731 g/mol. The van der Waals surface area contributed by atoms with Gasteiger partial charge in [-0.15, -0.1) is 54.1 Å². The van der Waals surface area contributed by atoms with Gasteiger partial charge < -0.3 is 14.4 Å². The fraction of sp³-hybridized carbons (Fsp3) is 0.175. The summed E-state index contributed by atoms with van der Waals surface area (Å²) in [6.45, 7) is -2.09. The van der Waals surface area contributed by atoms with E-state index in [-0.39, 0.29) is 66.6 Å². The van der Waals surface area contributed by atoms with Crippen LogP contribution in [-0.4, -0.2) is 15.0 Å². The van der Waals surface area contributed by atoms with Gasteiger partial charge in [0.2, 0.25) is 5.71 Å². The molecule has 0 amide bonds. The second-order valence-electron chi connectivity index (χ2n) is 10.0. The van der Waals surface area contributed by atoms with E-state index in [1.165, 1.54) is 18.5 Å². The van der Waals surface area contributed by atoms with Crippen LogP contribution in [0.4, 0.5) is 0 Å². The quantitative estimate of drug-likeness (QED) is 0.164. The Morgan fingerprint density at radius 1 is 0.800 bits per heavy atom. The normalized spacial score (nSPS) is 19.0. The van der Waals surface area contributed by atoms with Crippen LogP contribution in [0.2, 0.25) is 0 Å². The number of pyridine rings is 3. The minimum atomic E-state index is -2.47. The number of nitrogens with zero attached hydrogens (tertiary/aromatic N) is 3. The van der Waals surface area contributed by atoms with E-state index in [4.69, 9.17) is 19.5 Å². The average molecular weight is 775 g/mol. The maximum Gasteiger partial charge on any atom is 0.216 e. The molecule has 0 saturated carbocycles. The van der Waals surface area contributed by atoms with Crippen LogP contribution in [0.15, 0.2) is 114 Å². The van der Waals surface area contributed by atoms with E-state index in [0.717, 1.165) is 11.3 Å². The third-order valence-electron chi connectivity index (χ3n) is 7.07. The molecule has 0 saturated heterocycles. The zero-order valence-corrected chi connectivity index (χ0v) is 26.3. The van der Waals surface area contributed by atoms with Gasteiger partial charge in [0.15, 0.2) is 0 Å². The molecular formula is C40H33IrN3O-2. The molecule has 45 heavy (non-hydrogen) atoms. The van der Waals surface area contributed by atoms with Crippen LogP contribution in [-0.2, 0) is 45.6 Å². The van der Waals surface area contributed by atoms with Gasteiger partial charge in [0, 0.05) is 58.7 Å². The number of rotatable bonds is 5. The van der Waals surface area contributed by atoms with E-state index in [9.17, 15) is 0 Å². The zero-order chi connectivity index (χ0) is 39.4. The number of furan rings is 1. The van der Waals surface area contributed by atoms with E-state index in [1.807, 2.05) is 18.2 Å². The van der Waals surface area contributed by atoms with E-state index < -0.39 is 32.3 Å². The summed E-state index contributed by atoms with van der Waals surface area (Å²) in [5.74, 6) is 0. The largest absolute Gasteiger partial charge is 0.486 e. The van der Waals surface area contributed by atoms with Gasteiger partial charge in [-0.05, 0) is 85.4 Å². The van der Waals surface area contributed by atoms with Gasteiger partial charge in [-0.2, -0.15) is 0 Å². The minimum absolute atomic E-state index is 0. The van der Waals surface area contributed by atoms with E-state index in [1.54, 1.807) is 72.8 Å². The van der Waals surface area contributed by atoms with Crippen molar-refractivity contribution in [2.24, 2.45) is 0 Å². The Morgan fingerprint density at radius 3 is 2.44 bits per heavy atom. The summed E-state index contributed by atoms with van der Waals surface area (Å²) in [5.41, 5.74) is 3.73. The predicted molar refractivity (Wildman–Crippen MR) is 177 cm³/mol. The van der Waals surface area contributed by atoms with E-state index in [0.29, 0.717) is 27.6 Å². The third kappa shape index (κ3) is 6.96. The van der Waals surface area contributed by atoms with Crippen LogP contribution in [0.25, 0.3) is 44.6 Å². The number of benzene rings is 3. The van der Waals surface area contributed by atoms with Crippen molar-refractivity contribution in [3.05, 3.63) is 150 Å². The first-order chi connectivity index (χ1) is 25.9. The molecule has 4 heterocycles. The Morgan fingerprint density at radius 2 is 1.64 bits per heavy atom. The molecule has 1 aliphatic rings. The molecule has 0 atom stereocenters. The fourth-order valence-electron chi connectivity index (χ4n) is 4.92. The molecule has 0 bridgehead atoms. The van der Waals surface area contributed by atoms with Crippen LogP contribution >= 0.6 is 0 Å². The molecule has 1 radical (unpaired) electrons. The zero-order valence-electron chi connectivity index (χ0n) is 34.9. The Balaban J connectivity index is 0.000000263. The first-order valence-corrected chi connectivity index (χ1v) is 14.2. The third-order valence-corrected chi connectivity index (χ3v) is 7.07. The van der Waals surface area contributed by atoms with Gasteiger partial charge >= 0.3 is 0 Å². The summed E-state index contributed by atoms with van der Waals surface area (Å²) in [7, 11) is 0. The molecule has 1 aliphatic carbocycles. The minimum Gasteiger partial charge on any atom is -0.486 e. The SMILES string of the molecule is [2H]C([2H])([2H])c1ccc(-c2[c-]cccc2)nc1.[2H]C1([2H])CCC([2H])([2H])c2cc(-c3[c-]ccc4c3oc3nc(C([2H])([2H])C([2H])([2H])c5ccccc5)ccc34)ncc21.[Ir]. The molecule has 0 N–H and O–H groups in total. The van der Waals surface area contributed by atoms with Crippen LogP contribution in [0.3, 0.4) is 0 Å². The van der Waals surface area contributed by atoms with Gasteiger partial charge in [0.25, 0.3) is 0 Å². The molecule has 8 rings (SSSR count). The van der Waals surface area contributed by atoms with Crippen molar-refractivity contribution in [2.45, 2.75) is 45.2 Å². The van der Waals surface area contributed by atoms with Crippen molar-refractivity contribution < 1.29 is 39.6 Å². The maximum atomic E-state index is 8.66. The van der Waals surface area contributed by atoms with E-state index in [2.05, 4.69) is 27.1 Å². The van der Waals surface area contributed by atoms with Gasteiger partial charge in [-0.1, -0.05) is 65.0 Å². The molecule has 3 aromatic carbocycles. The van der Waals surface area contributed by atoms with Gasteiger partial charge in [0.05, 0.1) is 5.58 Å². The Kier molecular flexibility index (Phi) is 6.22. The Hall–Kier alpha value is -4.44. The first-order valence-electron chi connectivity index (χ1n) is 19.7. The Bertz CT molecular complexity index is 2490. The van der Waals surface area contributed by atoms with Gasteiger partial charge in [-0.25, -0.2) is 4.98 Å². The number of fused-ring (bicyclic) bond motifs is 4. The first kappa shape index (κ1) is 19.8. The molecule has 4 nitrogen and oxygen atoms in total. The number of aryl methyl sites for hydroxylation is 5. The summed E-state index contributed by atoms with van der Waals surface area (Å²) in [6.07, 6.45) is -5.32. The summed E-state index contributed by atoms with van der Waals surface area (Å²) < 4.78 is 95.7. The van der Waals surface area contributed by atoms with Crippen molar-refractivity contribution in [3.63, 3.8) is 0 Å². The van der Waals surface area contributed by atoms with Gasteiger partial charge in [-0.3, -0.25) is 0 Å². The van der Waals surface area contributed by atoms with Crippen LogP contribution in [0, 0.1) is 19.0 Å². The van der Waals surface area contributed by atoms with Crippen LogP contribution < -0.4 is 0 Å². The molecule has 0 unspecified atom stereocenters. The smallest absolute Gasteiger partial charge is 0.216 e. The second-order valence-corrected chi connectivity index (χ2v) is 10.0. The summed E-state index contributed by atoms with van der Waals surface area (Å²) in [5, 5.41) is 1.27. The predicted octanol–water partition coefficient (Wildman–Crippen LogP) is 9.36. The molecule has 7 aromatic rings. The average Bonchev–Trinajstić information content (AvgIpc) is 3.55.